The highest BCUT2D eigenvalue weighted by atomic mass is 79.9. The van der Waals surface area contributed by atoms with Crippen LogP contribution in [0.5, 0.6) is 0 Å². The van der Waals surface area contributed by atoms with Crippen LogP contribution in [-0.2, 0) is 0 Å². The first kappa shape index (κ1) is 13.9. The summed E-state index contributed by atoms with van der Waals surface area (Å²) in [5.74, 6) is 0.00199. The van der Waals surface area contributed by atoms with Crippen molar-refractivity contribution in [3.63, 3.8) is 0 Å². The molecule has 2 heterocycles. The first-order valence-electron chi connectivity index (χ1n) is 7.23. The highest BCUT2D eigenvalue weighted by Crippen LogP contribution is 2.27. The smallest absolute Gasteiger partial charge is 0.251 e. The number of hydrogen-bond donors (Lipinski definition) is 2. The fourth-order valence-electron chi connectivity index (χ4n) is 3.29. The van der Waals surface area contributed by atoms with Gasteiger partial charge in [-0.05, 0) is 66.4 Å². The summed E-state index contributed by atoms with van der Waals surface area (Å²) < 4.78 is 0.774. The van der Waals surface area contributed by atoms with E-state index in [0.717, 1.165) is 23.9 Å². The molecule has 2 aliphatic heterocycles. The molecular weight excluding hydrogens is 318 g/mol. The minimum absolute atomic E-state index is 0.00199. The maximum Gasteiger partial charge on any atom is 0.251 e. The van der Waals surface area contributed by atoms with Crippen LogP contribution in [0.4, 0.5) is 5.69 Å². The van der Waals surface area contributed by atoms with Crippen molar-refractivity contribution in [3.05, 3.63) is 28.2 Å². The van der Waals surface area contributed by atoms with Gasteiger partial charge in [0.15, 0.2) is 0 Å². The Bertz CT molecular complexity index is 520. The number of carbonyl (C=O) groups is 1. The molecule has 4 nitrogen and oxygen atoms in total. The number of benzene rings is 1. The lowest BCUT2D eigenvalue weighted by Crippen LogP contribution is -2.47. The van der Waals surface area contributed by atoms with Gasteiger partial charge in [-0.1, -0.05) is 0 Å². The van der Waals surface area contributed by atoms with E-state index in [4.69, 9.17) is 5.73 Å². The molecule has 0 radical (unpaired) electrons. The SMILES string of the molecule is Nc1ccc(C(=O)NC2CCN3CCCC3C2)cc1Br. The molecule has 20 heavy (non-hydrogen) atoms. The van der Waals surface area contributed by atoms with Crippen molar-refractivity contribution in [2.45, 2.75) is 37.8 Å². The number of nitrogens with two attached hydrogens (primary N) is 1. The van der Waals surface area contributed by atoms with Crippen molar-refractivity contribution in [3.8, 4) is 0 Å². The number of nitrogen functional groups attached to an aromatic ring is 1. The van der Waals surface area contributed by atoms with Crippen molar-refractivity contribution < 1.29 is 4.79 Å². The molecule has 2 fully saturated rings. The van der Waals surface area contributed by atoms with E-state index in [0.29, 0.717) is 23.3 Å². The highest BCUT2D eigenvalue weighted by molar-refractivity contribution is 9.10. The van der Waals surface area contributed by atoms with Crippen LogP contribution < -0.4 is 11.1 Å². The Morgan fingerprint density at radius 1 is 1.35 bits per heavy atom. The minimum Gasteiger partial charge on any atom is -0.398 e. The molecule has 1 amide bonds. The van der Waals surface area contributed by atoms with Gasteiger partial charge in [0.25, 0.3) is 5.91 Å². The number of fused-ring (bicyclic) bond motifs is 1. The van der Waals surface area contributed by atoms with E-state index in [1.165, 1.54) is 19.4 Å². The number of halogens is 1. The maximum atomic E-state index is 12.3. The Labute approximate surface area is 127 Å². The molecule has 2 aliphatic rings. The van der Waals surface area contributed by atoms with E-state index < -0.39 is 0 Å². The van der Waals surface area contributed by atoms with Gasteiger partial charge in [-0.3, -0.25) is 4.79 Å². The van der Waals surface area contributed by atoms with E-state index in [2.05, 4.69) is 26.1 Å². The number of nitrogens with one attached hydrogen (secondary N) is 1. The van der Waals surface area contributed by atoms with E-state index in [1.54, 1.807) is 18.2 Å². The number of hydrogen-bond acceptors (Lipinski definition) is 3. The summed E-state index contributed by atoms with van der Waals surface area (Å²) in [5, 5.41) is 3.17. The van der Waals surface area contributed by atoms with Crippen LogP contribution in [0.15, 0.2) is 22.7 Å². The predicted molar refractivity (Wildman–Crippen MR) is 83.6 cm³/mol. The zero-order valence-corrected chi connectivity index (χ0v) is 13.0. The van der Waals surface area contributed by atoms with Gasteiger partial charge in [0.05, 0.1) is 0 Å². The normalized spacial score (nSPS) is 26.2. The third-order valence-electron chi connectivity index (χ3n) is 4.42. The molecule has 1 aromatic rings. The molecule has 2 saturated heterocycles. The lowest BCUT2D eigenvalue weighted by Gasteiger charge is -2.35. The molecule has 0 aliphatic carbocycles. The Morgan fingerprint density at radius 2 is 2.20 bits per heavy atom. The van der Waals surface area contributed by atoms with Crippen molar-refractivity contribution >= 4 is 27.5 Å². The molecule has 0 spiro atoms. The standard InChI is InChI=1S/C15H20BrN3O/c16-13-8-10(3-4-14(13)17)15(20)18-11-5-7-19-6-1-2-12(19)9-11/h3-4,8,11-12H,1-2,5-7,9,17H2,(H,18,20). The van der Waals surface area contributed by atoms with Crippen LogP contribution in [0.2, 0.25) is 0 Å². The van der Waals surface area contributed by atoms with Crippen molar-refractivity contribution in [1.29, 1.82) is 0 Å². The average molecular weight is 338 g/mol. The number of rotatable bonds is 2. The molecule has 3 rings (SSSR count). The van der Waals surface area contributed by atoms with Gasteiger partial charge in [-0.25, -0.2) is 0 Å². The molecule has 0 aromatic heterocycles. The monoisotopic (exact) mass is 337 g/mol. The van der Waals surface area contributed by atoms with E-state index in [1.807, 2.05) is 0 Å². The van der Waals surface area contributed by atoms with Gasteiger partial charge in [0.2, 0.25) is 0 Å². The topological polar surface area (TPSA) is 58.4 Å². The third kappa shape index (κ3) is 2.83. The van der Waals surface area contributed by atoms with Crippen LogP contribution in [0.3, 0.4) is 0 Å². The predicted octanol–water partition coefficient (Wildman–Crippen LogP) is 2.39. The summed E-state index contributed by atoms with van der Waals surface area (Å²) in [5.41, 5.74) is 7.07. The molecular formula is C15H20BrN3O. The molecule has 5 heteroatoms. The summed E-state index contributed by atoms with van der Waals surface area (Å²) in [7, 11) is 0. The first-order valence-corrected chi connectivity index (χ1v) is 8.03. The number of amides is 1. The molecule has 1 aromatic carbocycles. The number of piperidine rings is 1. The van der Waals surface area contributed by atoms with Crippen LogP contribution in [0.25, 0.3) is 0 Å². The van der Waals surface area contributed by atoms with Crippen LogP contribution in [0.1, 0.15) is 36.0 Å². The summed E-state index contributed by atoms with van der Waals surface area (Å²) in [4.78, 5) is 14.8. The van der Waals surface area contributed by atoms with Crippen LogP contribution in [0, 0.1) is 0 Å². The van der Waals surface area contributed by atoms with Crippen LogP contribution >= 0.6 is 15.9 Å². The molecule has 3 N–H and O–H groups in total. The lowest BCUT2D eigenvalue weighted by atomic mass is 9.97. The number of anilines is 1. The molecule has 108 valence electrons. The van der Waals surface area contributed by atoms with E-state index >= 15 is 0 Å². The number of carbonyl (C=O) groups excluding carboxylic acids is 1. The Hall–Kier alpha value is -1.07. The van der Waals surface area contributed by atoms with E-state index in [-0.39, 0.29) is 5.91 Å². The second-order valence-electron chi connectivity index (χ2n) is 5.76. The zero-order chi connectivity index (χ0) is 14.1. The Balaban J connectivity index is 1.62. The second-order valence-corrected chi connectivity index (χ2v) is 6.62. The van der Waals surface area contributed by atoms with Crippen molar-refractivity contribution in [2.24, 2.45) is 0 Å². The summed E-state index contributed by atoms with van der Waals surface area (Å²) in [6, 6.07) is 6.30. The van der Waals surface area contributed by atoms with Gasteiger partial charge < -0.3 is 16.0 Å². The Kier molecular flexibility index (Phi) is 3.98. The van der Waals surface area contributed by atoms with Gasteiger partial charge in [-0.15, -0.1) is 0 Å². The van der Waals surface area contributed by atoms with Gasteiger partial charge >= 0.3 is 0 Å². The van der Waals surface area contributed by atoms with Gasteiger partial charge in [0.1, 0.15) is 0 Å². The summed E-state index contributed by atoms with van der Waals surface area (Å²) in [6.45, 7) is 2.34. The average Bonchev–Trinajstić information content (AvgIpc) is 2.89. The molecule has 0 saturated carbocycles. The zero-order valence-electron chi connectivity index (χ0n) is 11.4. The van der Waals surface area contributed by atoms with Gasteiger partial charge in [-0.2, -0.15) is 0 Å². The fourth-order valence-corrected chi connectivity index (χ4v) is 3.67. The molecule has 0 bridgehead atoms. The number of nitrogens with zero attached hydrogens (tertiary/aromatic N) is 1. The first-order chi connectivity index (χ1) is 9.63. The fraction of sp³-hybridized carbons (Fsp3) is 0.533. The molecule has 2 unspecified atom stereocenters. The second kappa shape index (κ2) is 5.74. The van der Waals surface area contributed by atoms with Crippen LogP contribution in [-0.4, -0.2) is 36.0 Å². The third-order valence-corrected chi connectivity index (χ3v) is 5.11. The largest absolute Gasteiger partial charge is 0.398 e. The quantitative estimate of drug-likeness (QED) is 0.814. The summed E-state index contributed by atoms with van der Waals surface area (Å²) >= 11 is 3.36. The van der Waals surface area contributed by atoms with E-state index in [9.17, 15) is 4.79 Å². The maximum absolute atomic E-state index is 12.3. The van der Waals surface area contributed by atoms with Gasteiger partial charge in [0, 0.05) is 34.4 Å². The lowest BCUT2D eigenvalue weighted by molar-refractivity contribution is 0.0896. The highest BCUT2D eigenvalue weighted by Gasteiger charge is 2.32. The summed E-state index contributed by atoms with van der Waals surface area (Å²) in [6.07, 6.45) is 4.72. The minimum atomic E-state index is 0.00199. The molecule has 2 atom stereocenters. The van der Waals surface area contributed by atoms with Crippen molar-refractivity contribution in [2.75, 3.05) is 18.8 Å². The van der Waals surface area contributed by atoms with Crippen molar-refractivity contribution in [1.82, 2.24) is 10.2 Å². The Morgan fingerprint density at radius 3 is 3.00 bits per heavy atom.